The summed E-state index contributed by atoms with van der Waals surface area (Å²) in [5.41, 5.74) is -3.72. The van der Waals surface area contributed by atoms with E-state index in [9.17, 15) is 32.2 Å². The number of alkyl halides is 3. The van der Waals surface area contributed by atoms with E-state index >= 15 is 0 Å². The zero-order valence-electron chi connectivity index (χ0n) is 16.9. The van der Waals surface area contributed by atoms with Gasteiger partial charge in [0.05, 0.1) is 6.04 Å². The number of benzene rings is 2. The van der Waals surface area contributed by atoms with Crippen LogP contribution in [0.2, 0.25) is 0 Å². The zero-order chi connectivity index (χ0) is 23.4. The number of hydrogen-bond acceptors (Lipinski definition) is 5. The van der Waals surface area contributed by atoms with Gasteiger partial charge in [-0.25, -0.2) is 18.7 Å². The van der Waals surface area contributed by atoms with Crippen LogP contribution in [0, 0.1) is 18.6 Å². The lowest BCUT2D eigenvalue weighted by Gasteiger charge is -2.44. The molecule has 0 fully saturated rings. The number of aliphatic hydroxyl groups is 1. The standard InChI is InChI=1S/C22H18F5N3O2/c1-3-11-8-21(32,22(25,26)27)20(12-4-5-15(24)19(31)17(11)12)30-16-7-6-14(23)18-13(16)9-28-10(2)29-18/h3-7,9,20,30-32H,8H2,1-2H3. The fourth-order valence-electron chi connectivity index (χ4n) is 4.06. The van der Waals surface area contributed by atoms with E-state index in [1.165, 1.54) is 32.2 Å². The molecule has 2 aromatic carbocycles. The summed E-state index contributed by atoms with van der Waals surface area (Å²) in [7, 11) is 0. The van der Waals surface area contributed by atoms with Crippen molar-refractivity contribution < 1.29 is 32.2 Å². The van der Waals surface area contributed by atoms with E-state index in [0.29, 0.717) is 0 Å². The number of allylic oxidation sites excluding steroid dienone is 1. The third-order valence-electron chi connectivity index (χ3n) is 5.69. The lowest BCUT2D eigenvalue weighted by molar-refractivity contribution is -0.265. The molecule has 2 unspecified atom stereocenters. The van der Waals surface area contributed by atoms with Crippen LogP contribution in [-0.2, 0) is 0 Å². The molecule has 2 atom stereocenters. The monoisotopic (exact) mass is 451 g/mol. The van der Waals surface area contributed by atoms with Crippen LogP contribution in [0.3, 0.4) is 0 Å². The molecule has 10 heteroatoms. The molecule has 1 heterocycles. The van der Waals surface area contributed by atoms with Crippen LogP contribution in [0.4, 0.5) is 27.6 Å². The molecule has 1 aliphatic rings. The highest BCUT2D eigenvalue weighted by Crippen LogP contribution is 2.54. The number of fused-ring (bicyclic) bond motifs is 2. The Morgan fingerprint density at radius 2 is 1.84 bits per heavy atom. The highest BCUT2D eigenvalue weighted by Gasteiger charge is 2.62. The van der Waals surface area contributed by atoms with Gasteiger partial charge in [0.2, 0.25) is 0 Å². The average Bonchev–Trinajstić information content (AvgIpc) is 2.73. The van der Waals surface area contributed by atoms with E-state index < -0.39 is 41.6 Å². The van der Waals surface area contributed by atoms with Crippen molar-refractivity contribution in [2.45, 2.75) is 38.1 Å². The summed E-state index contributed by atoms with van der Waals surface area (Å²) in [5.74, 6) is -2.24. The Bertz CT molecular complexity index is 1260. The van der Waals surface area contributed by atoms with E-state index in [1.54, 1.807) is 0 Å². The number of anilines is 1. The van der Waals surface area contributed by atoms with Crippen molar-refractivity contribution in [3.8, 4) is 5.75 Å². The summed E-state index contributed by atoms with van der Waals surface area (Å²) >= 11 is 0. The first-order valence-electron chi connectivity index (χ1n) is 9.62. The van der Waals surface area contributed by atoms with Crippen molar-refractivity contribution in [2.24, 2.45) is 0 Å². The van der Waals surface area contributed by atoms with Crippen LogP contribution in [0.25, 0.3) is 16.5 Å². The van der Waals surface area contributed by atoms with Crippen LogP contribution < -0.4 is 5.32 Å². The van der Waals surface area contributed by atoms with Crippen LogP contribution in [0.15, 0.2) is 36.5 Å². The number of halogens is 5. The molecular weight excluding hydrogens is 433 g/mol. The first kappa shape index (κ1) is 21.9. The van der Waals surface area contributed by atoms with Gasteiger partial charge in [0, 0.05) is 29.3 Å². The van der Waals surface area contributed by atoms with Gasteiger partial charge < -0.3 is 15.5 Å². The number of aromatic nitrogens is 2. The molecule has 0 radical (unpaired) electrons. The van der Waals surface area contributed by atoms with Gasteiger partial charge in [0.1, 0.15) is 17.2 Å². The maximum absolute atomic E-state index is 14.3. The maximum atomic E-state index is 14.3. The SMILES string of the molecule is CC=C1CC(O)(C(F)(F)F)C(Nc2ccc(F)c3nc(C)ncc23)c2ccc(F)c(O)c21. The minimum Gasteiger partial charge on any atom is -0.504 e. The Balaban J connectivity index is 1.96. The molecular formula is C22H18F5N3O2. The van der Waals surface area contributed by atoms with Gasteiger partial charge in [0.15, 0.2) is 17.2 Å². The van der Waals surface area contributed by atoms with Crippen molar-refractivity contribution in [1.29, 1.82) is 0 Å². The first-order chi connectivity index (χ1) is 15.0. The summed E-state index contributed by atoms with van der Waals surface area (Å²) in [6.07, 6.45) is -3.47. The Kier molecular flexibility index (Phi) is 5.08. The predicted octanol–water partition coefficient (Wildman–Crippen LogP) is 5.18. The number of rotatable bonds is 2. The summed E-state index contributed by atoms with van der Waals surface area (Å²) in [6, 6.07) is 2.30. The molecule has 0 spiro atoms. The van der Waals surface area contributed by atoms with Crippen molar-refractivity contribution in [3.05, 3.63) is 65.1 Å². The minimum atomic E-state index is -5.09. The molecule has 1 aliphatic carbocycles. The largest absolute Gasteiger partial charge is 0.504 e. The van der Waals surface area contributed by atoms with Gasteiger partial charge in [-0.15, -0.1) is 0 Å². The summed E-state index contributed by atoms with van der Waals surface area (Å²) < 4.78 is 70.8. The normalized spacial score (nSPS) is 22.2. The molecule has 3 aromatic rings. The van der Waals surface area contributed by atoms with E-state index in [2.05, 4.69) is 15.3 Å². The van der Waals surface area contributed by atoms with Gasteiger partial charge in [-0.3, -0.25) is 0 Å². The summed E-state index contributed by atoms with van der Waals surface area (Å²) in [4.78, 5) is 7.98. The number of aryl methyl sites for hydroxylation is 1. The van der Waals surface area contributed by atoms with Crippen molar-refractivity contribution >= 4 is 22.2 Å². The second-order valence-electron chi connectivity index (χ2n) is 7.62. The van der Waals surface area contributed by atoms with Crippen LogP contribution in [0.1, 0.15) is 36.3 Å². The number of nitrogens with one attached hydrogen (secondary N) is 1. The molecule has 1 aromatic heterocycles. The Hall–Kier alpha value is -3.27. The third kappa shape index (κ3) is 3.26. The van der Waals surface area contributed by atoms with Gasteiger partial charge in [0.25, 0.3) is 0 Å². The number of phenolic OH excluding ortho intramolecular Hbond substituents is 1. The van der Waals surface area contributed by atoms with Crippen molar-refractivity contribution in [1.82, 2.24) is 9.97 Å². The quantitative estimate of drug-likeness (QED) is 0.469. The molecule has 32 heavy (non-hydrogen) atoms. The Labute approximate surface area is 179 Å². The van der Waals surface area contributed by atoms with Crippen molar-refractivity contribution in [2.75, 3.05) is 5.32 Å². The van der Waals surface area contributed by atoms with E-state index in [4.69, 9.17) is 0 Å². The lowest BCUT2D eigenvalue weighted by atomic mass is 9.72. The van der Waals surface area contributed by atoms with Crippen LogP contribution in [-0.4, -0.2) is 32.0 Å². The number of nitrogens with zero attached hydrogens (tertiary/aromatic N) is 2. The highest BCUT2D eigenvalue weighted by atomic mass is 19.4. The Morgan fingerprint density at radius 1 is 1.16 bits per heavy atom. The molecule has 3 N–H and O–H groups in total. The van der Waals surface area contributed by atoms with Gasteiger partial charge in [-0.05, 0) is 43.2 Å². The predicted molar refractivity (Wildman–Crippen MR) is 108 cm³/mol. The second kappa shape index (κ2) is 7.40. The molecule has 5 nitrogen and oxygen atoms in total. The molecule has 0 saturated carbocycles. The molecule has 168 valence electrons. The van der Waals surface area contributed by atoms with E-state index in [0.717, 1.165) is 18.2 Å². The molecule has 0 bridgehead atoms. The van der Waals surface area contributed by atoms with Gasteiger partial charge in [-0.1, -0.05) is 12.1 Å². The maximum Gasteiger partial charge on any atom is 0.419 e. The van der Waals surface area contributed by atoms with E-state index in [-0.39, 0.29) is 39.1 Å². The average molecular weight is 451 g/mol. The minimum absolute atomic E-state index is 0.0350. The van der Waals surface area contributed by atoms with Crippen molar-refractivity contribution in [3.63, 3.8) is 0 Å². The smallest absolute Gasteiger partial charge is 0.419 e. The number of aromatic hydroxyl groups is 1. The number of hydrogen-bond donors (Lipinski definition) is 3. The first-order valence-corrected chi connectivity index (χ1v) is 9.62. The second-order valence-corrected chi connectivity index (χ2v) is 7.62. The zero-order valence-corrected chi connectivity index (χ0v) is 16.9. The summed E-state index contributed by atoms with van der Waals surface area (Å²) in [5, 5.41) is 23.9. The molecule has 4 rings (SSSR count). The molecule has 0 saturated heterocycles. The van der Waals surface area contributed by atoms with Gasteiger partial charge >= 0.3 is 6.18 Å². The summed E-state index contributed by atoms with van der Waals surface area (Å²) in [6.45, 7) is 2.97. The van der Waals surface area contributed by atoms with Crippen LogP contribution >= 0.6 is 0 Å². The molecule has 0 aliphatic heterocycles. The fourth-order valence-corrected chi connectivity index (χ4v) is 4.06. The Morgan fingerprint density at radius 3 is 2.50 bits per heavy atom. The van der Waals surface area contributed by atoms with Gasteiger partial charge in [-0.2, -0.15) is 13.2 Å². The lowest BCUT2D eigenvalue weighted by Crippen LogP contribution is -2.54. The molecule has 0 amide bonds. The fraction of sp³-hybridized carbons (Fsp3) is 0.273. The van der Waals surface area contributed by atoms with E-state index in [1.807, 2.05) is 0 Å². The number of phenols is 1. The van der Waals surface area contributed by atoms with Crippen LogP contribution in [0.5, 0.6) is 5.75 Å². The third-order valence-corrected chi connectivity index (χ3v) is 5.69. The topological polar surface area (TPSA) is 78.3 Å². The highest BCUT2D eigenvalue weighted by molar-refractivity contribution is 5.91.